The molecule has 5 aromatic rings. The molecule has 1 aliphatic rings. The number of halogens is 2. The molecule has 6 rings (SSSR count). The van der Waals surface area contributed by atoms with Gasteiger partial charge in [0.25, 0.3) is 0 Å². The molecule has 1 aliphatic heterocycles. The van der Waals surface area contributed by atoms with Crippen LogP contribution in [0.2, 0.25) is 5.02 Å². The fraction of sp³-hybridized carbons (Fsp3) is 0.0606. The van der Waals surface area contributed by atoms with Crippen molar-refractivity contribution in [3.63, 3.8) is 0 Å². The number of carbonyl (C=O) groups is 1. The van der Waals surface area contributed by atoms with E-state index in [9.17, 15) is 9.90 Å². The molecule has 4 aromatic carbocycles. The van der Waals surface area contributed by atoms with Crippen LogP contribution in [0.25, 0.3) is 22.2 Å². The summed E-state index contributed by atoms with van der Waals surface area (Å²) in [5, 5.41) is 21.2. The van der Waals surface area contributed by atoms with E-state index < -0.39 is 5.97 Å². The molecular formula is C33H25ClIN5O2S. The molecule has 0 atom stereocenters. The lowest BCUT2D eigenvalue weighted by Gasteiger charge is -2.11. The van der Waals surface area contributed by atoms with Crippen molar-refractivity contribution in [1.82, 2.24) is 0 Å². The van der Waals surface area contributed by atoms with Gasteiger partial charge in [-0.3, -0.25) is 0 Å². The van der Waals surface area contributed by atoms with E-state index in [0.717, 1.165) is 33.6 Å². The van der Waals surface area contributed by atoms with Crippen molar-refractivity contribution in [3.8, 4) is 11.3 Å². The lowest BCUT2D eigenvalue weighted by Crippen LogP contribution is -3.00. The Balaban J connectivity index is 0.00000368. The first kappa shape index (κ1) is 30.4. The number of hydrogen-bond donors (Lipinski definition) is 2. The number of carboxylic acids is 1. The number of nitrogens with zero attached hydrogens (tertiary/aromatic N) is 4. The molecule has 3 N–H and O–H groups in total. The molecule has 0 fully saturated rings. The summed E-state index contributed by atoms with van der Waals surface area (Å²) in [5.41, 5.74) is 12.6. The molecule has 1 aromatic heterocycles. The highest BCUT2D eigenvalue weighted by Gasteiger charge is 2.26. The van der Waals surface area contributed by atoms with Gasteiger partial charge in [0, 0.05) is 39.7 Å². The van der Waals surface area contributed by atoms with Gasteiger partial charge in [-0.05, 0) is 48.0 Å². The van der Waals surface area contributed by atoms with Crippen molar-refractivity contribution in [1.29, 1.82) is 0 Å². The summed E-state index contributed by atoms with van der Waals surface area (Å²) in [6.07, 6.45) is 0. The highest BCUT2D eigenvalue weighted by atomic mass is 127. The molecule has 0 aliphatic carbocycles. The summed E-state index contributed by atoms with van der Waals surface area (Å²) in [7, 11) is 0. The predicted molar refractivity (Wildman–Crippen MR) is 172 cm³/mol. The fourth-order valence-corrected chi connectivity index (χ4v) is 5.71. The lowest BCUT2D eigenvalue weighted by molar-refractivity contribution is -0.644. The van der Waals surface area contributed by atoms with Crippen LogP contribution in [-0.4, -0.2) is 33.4 Å². The van der Waals surface area contributed by atoms with Crippen molar-refractivity contribution in [2.75, 3.05) is 11.5 Å². The van der Waals surface area contributed by atoms with E-state index in [-0.39, 0.29) is 29.5 Å². The summed E-state index contributed by atoms with van der Waals surface area (Å²) in [5.74, 6) is -0.305. The zero-order valence-corrected chi connectivity index (χ0v) is 26.4. The molecular weight excluding hydrogens is 693 g/mol. The average Bonchev–Trinajstić information content (AvgIpc) is 3.49. The van der Waals surface area contributed by atoms with E-state index in [1.807, 2.05) is 91.0 Å². The third kappa shape index (κ3) is 6.79. The maximum absolute atomic E-state index is 12.3. The van der Waals surface area contributed by atoms with E-state index in [1.165, 1.54) is 11.8 Å². The Morgan fingerprint density at radius 1 is 0.930 bits per heavy atom. The number of anilines is 1. The second-order valence-electron chi connectivity index (χ2n) is 9.62. The molecule has 0 saturated carbocycles. The predicted octanol–water partition coefficient (Wildman–Crippen LogP) is 3.73. The molecule has 0 bridgehead atoms. The van der Waals surface area contributed by atoms with Gasteiger partial charge >= 0.3 is 5.97 Å². The molecule has 43 heavy (non-hydrogen) atoms. The van der Waals surface area contributed by atoms with Crippen LogP contribution in [-0.2, 0) is 6.54 Å². The molecule has 0 spiro atoms. The smallest absolute Gasteiger partial charge is 0.336 e. The number of pyridine rings is 1. The van der Waals surface area contributed by atoms with Gasteiger partial charge in [0.2, 0.25) is 16.4 Å². The van der Waals surface area contributed by atoms with E-state index in [2.05, 4.69) is 9.67 Å². The number of carboxylic acid groups (broad SMARTS) is 1. The first-order chi connectivity index (χ1) is 20.5. The third-order valence-electron chi connectivity index (χ3n) is 6.91. The zero-order valence-electron chi connectivity index (χ0n) is 22.7. The standard InChI is InChI=1S/C33H24ClN5O2S.HI/c34-24-14-10-23(11-15-24)31-18-27(32(40)41)26-8-4-5-9-30(26)39(31)19-28(21-6-2-1-3-7-21)37-38-33-36-29(20-42-33)22-12-16-25(35)17-13-22;/h1-18H,19-20H2,(H2-,35,36,38,40,41);1H/b37-28-;. The van der Waals surface area contributed by atoms with Crippen molar-refractivity contribution >= 4 is 62.5 Å². The number of nitrogen functional groups attached to an aromatic ring is 1. The highest BCUT2D eigenvalue weighted by molar-refractivity contribution is 8.15. The molecule has 0 unspecified atom stereocenters. The van der Waals surface area contributed by atoms with Crippen molar-refractivity contribution in [2.24, 2.45) is 15.2 Å². The normalized spacial score (nSPS) is 14.0. The van der Waals surface area contributed by atoms with Gasteiger partial charge in [0.05, 0.1) is 16.7 Å². The van der Waals surface area contributed by atoms with E-state index in [0.29, 0.717) is 39.3 Å². The maximum Gasteiger partial charge on any atom is 0.336 e. The SMILES string of the molecule is Nc1ccc(C2=N/C(=N/N=C(/C[n+]3c(-c4ccc(Cl)cc4)cc(C(=O)O)c4ccccc43)c3ccccc3)SC2)cc1.[I-]. The number of fused-ring (bicyclic) bond motifs is 1. The van der Waals surface area contributed by atoms with E-state index in [4.69, 9.17) is 27.4 Å². The quantitative estimate of drug-likeness (QED) is 0.0881. The minimum atomic E-state index is -0.995. The van der Waals surface area contributed by atoms with Crippen molar-refractivity contribution in [3.05, 3.63) is 131 Å². The summed E-state index contributed by atoms with van der Waals surface area (Å²) < 4.78 is 2.07. The largest absolute Gasteiger partial charge is 1.00 e. The number of nitrogens with two attached hydrogens (primary N) is 1. The first-order valence-corrected chi connectivity index (χ1v) is 14.5. The topological polar surface area (TPSA) is 104 Å². The Morgan fingerprint density at radius 3 is 2.33 bits per heavy atom. The van der Waals surface area contributed by atoms with Gasteiger partial charge in [0.1, 0.15) is 5.71 Å². The van der Waals surface area contributed by atoms with Crippen molar-refractivity contribution < 1.29 is 38.4 Å². The van der Waals surface area contributed by atoms with Crippen LogP contribution in [0, 0.1) is 0 Å². The zero-order chi connectivity index (χ0) is 29.1. The Bertz CT molecular complexity index is 1890. The number of para-hydroxylation sites is 1. The molecule has 2 heterocycles. The maximum atomic E-state index is 12.3. The number of thioether (sulfide) groups is 1. The molecule has 7 nitrogen and oxygen atoms in total. The van der Waals surface area contributed by atoms with Crippen LogP contribution in [0.3, 0.4) is 0 Å². The van der Waals surface area contributed by atoms with E-state index in [1.54, 1.807) is 18.2 Å². The van der Waals surface area contributed by atoms with Crippen LogP contribution in [0.5, 0.6) is 0 Å². The highest BCUT2D eigenvalue weighted by Crippen LogP contribution is 2.26. The monoisotopic (exact) mass is 717 g/mol. The number of rotatable bonds is 7. The van der Waals surface area contributed by atoms with Gasteiger partial charge in [-0.15, -0.1) is 10.2 Å². The first-order valence-electron chi connectivity index (χ1n) is 13.2. The van der Waals surface area contributed by atoms with Gasteiger partial charge in [-0.2, -0.15) is 4.57 Å². The molecule has 0 amide bonds. The Labute approximate surface area is 274 Å². The Kier molecular flexibility index (Phi) is 9.54. The summed E-state index contributed by atoms with van der Waals surface area (Å²) in [6.45, 7) is 0.332. The summed E-state index contributed by atoms with van der Waals surface area (Å²) >= 11 is 7.71. The fourth-order valence-electron chi connectivity index (χ4n) is 4.82. The number of aromatic nitrogens is 1. The molecule has 0 saturated heterocycles. The van der Waals surface area contributed by atoms with Crippen LogP contribution < -0.4 is 34.3 Å². The minimum absolute atomic E-state index is 0. The summed E-state index contributed by atoms with van der Waals surface area (Å²) in [4.78, 5) is 17.0. The van der Waals surface area contributed by atoms with Gasteiger partial charge in [0.15, 0.2) is 6.54 Å². The third-order valence-corrected chi connectivity index (χ3v) is 8.01. The van der Waals surface area contributed by atoms with Crippen LogP contribution in [0.4, 0.5) is 5.69 Å². The lowest BCUT2D eigenvalue weighted by atomic mass is 10.0. The number of benzene rings is 4. The van der Waals surface area contributed by atoms with Gasteiger partial charge in [-0.25, -0.2) is 9.79 Å². The number of aromatic carboxylic acids is 1. The molecule has 214 valence electrons. The number of hydrogen-bond acceptors (Lipinski definition) is 5. The van der Waals surface area contributed by atoms with E-state index >= 15 is 0 Å². The van der Waals surface area contributed by atoms with Gasteiger partial charge in [-0.1, -0.05) is 78.0 Å². The van der Waals surface area contributed by atoms with Crippen LogP contribution >= 0.6 is 23.4 Å². The minimum Gasteiger partial charge on any atom is -1.00 e. The second kappa shape index (κ2) is 13.5. The average molecular weight is 718 g/mol. The van der Waals surface area contributed by atoms with Crippen molar-refractivity contribution in [2.45, 2.75) is 6.54 Å². The summed E-state index contributed by atoms with van der Waals surface area (Å²) in [6, 6.07) is 34.0. The number of aliphatic imine (C=N–C) groups is 1. The Hall–Kier alpha value is -4.06. The van der Waals surface area contributed by atoms with Crippen LogP contribution in [0.15, 0.2) is 124 Å². The van der Waals surface area contributed by atoms with Gasteiger partial charge < -0.3 is 34.8 Å². The number of amidine groups is 1. The second-order valence-corrected chi connectivity index (χ2v) is 11.0. The van der Waals surface area contributed by atoms with Crippen LogP contribution in [0.1, 0.15) is 21.5 Å². The molecule has 10 heteroatoms. The Morgan fingerprint density at radius 2 is 1.60 bits per heavy atom. The molecule has 0 radical (unpaired) electrons.